The van der Waals surface area contributed by atoms with Crippen LogP contribution >= 0.6 is 0 Å². The summed E-state index contributed by atoms with van der Waals surface area (Å²) in [7, 11) is 0. The molecule has 1 aromatic heterocycles. The molecule has 2 heteroatoms. The molecular weight excluding hydrogens is 330 g/mol. The lowest BCUT2D eigenvalue weighted by atomic mass is 10.1. The topological polar surface area (TPSA) is 16.4 Å². The van der Waals surface area contributed by atoms with Gasteiger partial charge in [-0.25, -0.2) is 0 Å². The normalized spacial score (nSPS) is 11.1. The first kappa shape index (κ1) is 15.7. The van der Waals surface area contributed by atoms with E-state index in [2.05, 4.69) is 84.6 Å². The molecule has 0 amide bonds. The highest BCUT2D eigenvalue weighted by Crippen LogP contribution is 2.42. The lowest BCUT2D eigenvalue weighted by Gasteiger charge is -2.25. The number of benzene rings is 4. The Bertz CT molecular complexity index is 1180. The van der Waals surface area contributed by atoms with Gasteiger partial charge in [0.1, 0.15) is 5.58 Å². The van der Waals surface area contributed by atoms with Gasteiger partial charge < -0.3 is 9.32 Å². The Hall–Kier alpha value is -3.52. The van der Waals surface area contributed by atoms with E-state index in [0.717, 1.165) is 33.6 Å². The van der Waals surface area contributed by atoms with Gasteiger partial charge in [-0.2, -0.15) is 0 Å². The third-order valence-electron chi connectivity index (χ3n) is 4.98. The van der Waals surface area contributed by atoms with E-state index in [-0.39, 0.29) is 0 Å². The second kappa shape index (κ2) is 6.33. The van der Waals surface area contributed by atoms with E-state index in [1.165, 1.54) is 10.9 Å². The van der Waals surface area contributed by atoms with E-state index in [9.17, 15) is 0 Å². The summed E-state index contributed by atoms with van der Waals surface area (Å²) in [6.07, 6.45) is 0. The van der Waals surface area contributed by atoms with Crippen LogP contribution in [0.4, 0.5) is 17.1 Å². The summed E-state index contributed by atoms with van der Waals surface area (Å²) >= 11 is 0. The van der Waals surface area contributed by atoms with Crippen molar-refractivity contribution in [1.29, 1.82) is 0 Å². The fourth-order valence-corrected chi connectivity index (χ4v) is 3.74. The molecular formula is C25H19NO. The Kier molecular flexibility index (Phi) is 3.68. The van der Waals surface area contributed by atoms with Crippen LogP contribution in [0.15, 0.2) is 101 Å². The Morgan fingerprint density at radius 3 is 1.89 bits per heavy atom. The number of hydrogen-bond acceptors (Lipinski definition) is 2. The molecule has 130 valence electrons. The van der Waals surface area contributed by atoms with E-state index < -0.39 is 0 Å². The Morgan fingerprint density at radius 2 is 1.22 bits per heavy atom. The molecule has 4 aromatic carbocycles. The molecule has 0 spiro atoms. The average molecular weight is 349 g/mol. The van der Waals surface area contributed by atoms with E-state index in [1.54, 1.807) is 0 Å². The molecule has 0 saturated carbocycles. The summed E-state index contributed by atoms with van der Waals surface area (Å²) < 4.78 is 6.35. The molecule has 0 N–H and O–H groups in total. The molecule has 0 aliphatic heterocycles. The van der Waals surface area contributed by atoms with Crippen molar-refractivity contribution < 1.29 is 4.42 Å². The first-order chi connectivity index (χ1) is 13.3. The van der Waals surface area contributed by atoms with Crippen LogP contribution in [-0.2, 0) is 0 Å². The van der Waals surface area contributed by atoms with Crippen molar-refractivity contribution in [2.75, 3.05) is 4.90 Å². The van der Waals surface area contributed by atoms with E-state index in [0.29, 0.717) is 0 Å². The molecule has 2 nitrogen and oxygen atoms in total. The molecule has 0 aliphatic rings. The molecule has 0 unspecified atom stereocenters. The highest BCUT2D eigenvalue weighted by Gasteiger charge is 2.19. The SMILES string of the molecule is Cc1ccc(N(c2ccccc2)c2ccccc2)c2oc3ccccc3c12. The summed E-state index contributed by atoms with van der Waals surface area (Å²) in [5.74, 6) is 0. The van der Waals surface area contributed by atoms with E-state index >= 15 is 0 Å². The van der Waals surface area contributed by atoms with Gasteiger partial charge in [-0.1, -0.05) is 60.7 Å². The molecule has 0 fully saturated rings. The highest BCUT2D eigenvalue weighted by atomic mass is 16.3. The third-order valence-corrected chi connectivity index (χ3v) is 4.98. The zero-order valence-electron chi connectivity index (χ0n) is 15.1. The molecule has 0 saturated heterocycles. The van der Waals surface area contributed by atoms with Gasteiger partial charge in [-0.3, -0.25) is 0 Å². The number of furan rings is 1. The second-order valence-electron chi connectivity index (χ2n) is 6.71. The maximum absolute atomic E-state index is 6.35. The molecule has 5 rings (SSSR count). The minimum atomic E-state index is 0.920. The third kappa shape index (κ3) is 2.58. The van der Waals surface area contributed by atoms with Gasteiger partial charge in [0.15, 0.2) is 5.58 Å². The zero-order valence-corrected chi connectivity index (χ0v) is 15.1. The van der Waals surface area contributed by atoms with Crippen molar-refractivity contribution in [3.8, 4) is 0 Å². The molecule has 27 heavy (non-hydrogen) atoms. The average Bonchev–Trinajstić information content (AvgIpc) is 3.12. The fraction of sp³-hybridized carbons (Fsp3) is 0.0400. The summed E-state index contributed by atoms with van der Waals surface area (Å²) in [6, 6.07) is 33.4. The molecule has 1 heterocycles. The standard InChI is InChI=1S/C25H19NO/c1-18-16-17-22(25-24(18)21-14-8-9-15-23(21)27-25)26(19-10-4-2-5-11-19)20-12-6-3-7-13-20/h2-17H,1H3. The maximum Gasteiger partial charge on any atom is 0.159 e. The van der Waals surface area contributed by atoms with Crippen LogP contribution < -0.4 is 4.90 Å². The molecule has 5 aromatic rings. The number of nitrogens with zero attached hydrogens (tertiary/aromatic N) is 1. The minimum absolute atomic E-state index is 0.920. The maximum atomic E-state index is 6.35. The summed E-state index contributed by atoms with van der Waals surface area (Å²) in [5, 5.41) is 2.34. The quantitative estimate of drug-likeness (QED) is 0.338. The van der Waals surface area contributed by atoms with Gasteiger partial charge >= 0.3 is 0 Å². The van der Waals surface area contributed by atoms with Crippen molar-refractivity contribution in [3.63, 3.8) is 0 Å². The Balaban J connectivity index is 1.85. The van der Waals surface area contributed by atoms with E-state index in [4.69, 9.17) is 4.42 Å². The van der Waals surface area contributed by atoms with Crippen LogP contribution in [0.3, 0.4) is 0 Å². The van der Waals surface area contributed by atoms with Gasteiger partial charge in [-0.05, 0) is 48.9 Å². The first-order valence-electron chi connectivity index (χ1n) is 9.14. The lowest BCUT2D eigenvalue weighted by Crippen LogP contribution is -2.10. The number of aryl methyl sites for hydroxylation is 1. The van der Waals surface area contributed by atoms with Gasteiger partial charge in [0, 0.05) is 22.1 Å². The summed E-state index contributed by atoms with van der Waals surface area (Å²) in [5.41, 5.74) is 6.32. The lowest BCUT2D eigenvalue weighted by molar-refractivity contribution is 0.669. The largest absolute Gasteiger partial charge is 0.454 e. The summed E-state index contributed by atoms with van der Waals surface area (Å²) in [6.45, 7) is 2.14. The van der Waals surface area contributed by atoms with Crippen molar-refractivity contribution in [1.82, 2.24) is 0 Å². The fourth-order valence-electron chi connectivity index (χ4n) is 3.74. The zero-order chi connectivity index (χ0) is 18.2. The van der Waals surface area contributed by atoms with Crippen LogP contribution in [-0.4, -0.2) is 0 Å². The Labute approximate surface area is 158 Å². The minimum Gasteiger partial charge on any atom is -0.454 e. The molecule has 0 aliphatic carbocycles. The molecule has 0 bridgehead atoms. The smallest absolute Gasteiger partial charge is 0.159 e. The number of hydrogen-bond donors (Lipinski definition) is 0. The van der Waals surface area contributed by atoms with Gasteiger partial charge in [0.05, 0.1) is 5.69 Å². The highest BCUT2D eigenvalue weighted by molar-refractivity contribution is 6.11. The van der Waals surface area contributed by atoms with Gasteiger partial charge in [0.25, 0.3) is 0 Å². The van der Waals surface area contributed by atoms with Crippen molar-refractivity contribution >= 4 is 39.0 Å². The number of rotatable bonds is 3. The van der Waals surface area contributed by atoms with Gasteiger partial charge in [-0.15, -0.1) is 0 Å². The molecule has 0 atom stereocenters. The van der Waals surface area contributed by atoms with Crippen LogP contribution in [0.2, 0.25) is 0 Å². The van der Waals surface area contributed by atoms with Crippen molar-refractivity contribution in [3.05, 3.63) is 103 Å². The molecule has 0 radical (unpaired) electrons. The number of para-hydroxylation sites is 3. The van der Waals surface area contributed by atoms with Crippen molar-refractivity contribution in [2.45, 2.75) is 6.92 Å². The monoisotopic (exact) mass is 349 g/mol. The first-order valence-corrected chi connectivity index (χ1v) is 9.14. The number of fused-ring (bicyclic) bond motifs is 3. The summed E-state index contributed by atoms with van der Waals surface area (Å²) in [4.78, 5) is 2.25. The predicted molar refractivity (Wildman–Crippen MR) is 113 cm³/mol. The van der Waals surface area contributed by atoms with Crippen LogP contribution in [0, 0.1) is 6.92 Å². The van der Waals surface area contributed by atoms with Crippen LogP contribution in [0.5, 0.6) is 0 Å². The number of anilines is 3. The van der Waals surface area contributed by atoms with Crippen LogP contribution in [0.25, 0.3) is 21.9 Å². The van der Waals surface area contributed by atoms with Gasteiger partial charge in [0.2, 0.25) is 0 Å². The van der Waals surface area contributed by atoms with E-state index in [1.807, 2.05) is 24.3 Å². The predicted octanol–water partition coefficient (Wildman–Crippen LogP) is 7.36. The van der Waals surface area contributed by atoms with Crippen LogP contribution in [0.1, 0.15) is 5.56 Å². The second-order valence-corrected chi connectivity index (χ2v) is 6.71. The Morgan fingerprint density at radius 1 is 0.630 bits per heavy atom. The van der Waals surface area contributed by atoms with Crippen molar-refractivity contribution in [2.24, 2.45) is 0 Å².